The van der Waals surface area contributed by atoms with Crippen molar-refractivity contribution in [3.05, 3.63) is 29.8 Å². The van der Waals surface area contributed by atoms with Crippen molar-refractivity contribution in [3.8, 4) is 11.8 Å². The molecule has 2 N–H and O–H groups in total. The fraction of sp³-hybridized carbons (Fsp3) is 0.500. The molecule has 0 spiro atoms. The first kappa shape index (κ1) is 13.8. The zero-order valence-electron chi connectivity index (χ0n) is 10.7. The number of benzene rings is 1. The Labute approximate surface area is 112 Å². The van der Waals surface area contributed by atoms with Crippen LogP contribution < -0.4 is 10.1 Å². The van der Waals surface area contributed by atoms with E-state index >= 15 is 0 Å². The Hall–Kier alpha value is -1.61. The van der Waals surface area contributed by atoms with Crippen LogP contribution in [0.2, 0.25) is 0 Å². The van der Waals surface area contributed by atoms with Gasteiger partial charge in [0.25, 0.3) is 0 Å². The van der Waals surface area contributed by atoms with Crippen LogP contribution in [0, 0.1) is 11.3 Å². The van der Waals surface area contributed by atoms with Crippen LogP contribution in [0.5, 0.6) is 5.75 Å². The molecule has 5 nitrogen and oxygen atoms in total. The second kappa shape index (κ2) is 7.10. The average Bonchev–Trinajstić information content (AvgIpc) is 2.96. The minimum Gasteiger partial charge on any atom is -0.491 e. The highest BCUT2D eigenvalue weighted by Gasteiger charge is 2.16. The van der Waals surface area contributed by atoms with E-state index in [0.717, 1.165) is 13.0 Å². The van der Waals surface area contributed by atoms with Crippen LogP contribution in [-0.4, -0.2) is 43.6 Å². The van der Waals surface area contributed by atoms with Crippen LogP contribution in [0.25, 0.3) is 0 Å². The Bertz CT molecular complexity index is 439. The number of hydrogen-bond acceptors (Lipinski definition) is 5. The summed E-state index contributed by atoms with van der Waals surface area (Å²) in [6.07, 6.45) is 0.406. The predicted molar refractivity (Wildman–Crippen MR) is 69.9 cm³/mol. The maximum Gasteiger partial charge on any atom is 0.120 e. The number of hydrogen-bond donors (Lipinski definition) is 2. The number of nitrogens with one attached hydrogen (secondary N) is 1. The van der Waals surface area contributed by atoms with Crippen molar-refractivity contribution in [1.29, 1.82) is 5.26 Å². The Kier molecular flexibility index (Phi) is 5.16. The Morgan fingerprint density at radius 3 is 3.21 bits per heavy atom. The van der Waals surface area contributed by atoms with E-state index in [-0.39, 0.29) is 6.61 Å². The molecule has 5 heteroatoms. The molecule has 102 valence electrons. The molecule has 0 bridgehead atoms. The van der Waals surface area contributed by atoms with Crippen molar-refractivity contribution in [2.45, 2.75) is 18.6 Å². The normalized spacial score (nSPS) is 19.9. The van der Waals surface area contributed by atoms with Crippen molar-refractivity contribution in [2.75, 3.05) is 26.4 Å². The first-order valence-corrected chi connectivity index (χ1v) is 6.40. The Balaban J connectivity index is 1.70. The van der Waals surface area contributed by atoms with Gasteiger partial charge in [-0.2, -0.15) is 5.26 Å². The zero-order valence-corrected chi connectivity index (χ0v) is 10.7. The minimum atomic E-state index is -0.577. The molecule has 1 aliphatic heterocycles. The lowest BCUT2D eigenvalue weighted by Crippen LogP contribution is -2.38. The van der Waals surface area contributed by atoms with E-state index in [4.69, 9.17) is 14.7 Å². The number of aliphatic hydroxyl groups is 1. The highest BCUT2D eigenvalue weighted by molar-refractivity contribution is 5.36. The Morgan fingerprint density at radius 2 is 2.47 bits per heavy atom. The van der Waals surface area contributed by atoms with Crippen molar-refractivity contribution in [1.82, 2.24) is 5.32 Å². The monoisotopic (exact) mass is 262 g/mol. The largest absolute Gasteiger partial charge is 0.491 e. The van der Waals surface area contributed by atoms with E-state index in [9.17, 15) is 5.11 Å². The predicted octanol–water partition coefficient (Wildman–Crippen LogP) is 0.676. The van der Waals surface area contributed by atoms with E-state index in [1.807, 2.05) is 6.07 Å². The minimum absolute atomic E-state index is 0.204. The summed E-state index contributed by atoms with van der Waals surface area (Å²) >= 11 is 0. The molecule has 0 amide bonds. The first-order valence-electron chi connectivity index (χ1n) is 6.40. The molecular weight excluding hydrogens is 244 g/mol. The summed E-state index contributed by atoms with van der Waals surface area (Å²) in [6.45, 7) is 2.17. The molecule has 1 aromatic rings. The molecule has 0 aromatic heterocycles. The maximum absolute atomic E-state index is 9.80. The standard InChI is InChI=1S/C14H18N2O3/c15-7-11-2-1-3-14(6-11)19-10-13(17)8-16-12-4-5-18-9-12/h1-3,6,12-13,16-17H,4-5,8-10H2. The summed E-state index contributed by atoms with van der Waals surface area (Å²) in [5, 5.41) is 21.8. The summed E-state index contributed by atoms with van der Waals surface area (Å²) in [5.74, 6) is 0.599. The molecule has 2 unspecified atom stereocenters. The molecule has 1 heterocycles. The van der Waals surface area contributed by atoms with E-state index < -0.39 is 6.10 Å². The molecule has 0 aliphatic carbocycles. The Morgan fingerprint density at radius 1 is 1.58 bits per heavy atom. The number of ether oxygens (including phenoxy) is 2. The summed E-state index contributed by atoms with van der Waals surface area (Å²) in [6, 6.07) is 9.28. The lowest BCUT2D eigenvalue weighted by atomic mass is 10.2. The van der Waals surface area contributed by atoms with Gasteiger partial charge in [0, 0.05) is 19.2 Å². The molecule has 19 heavy (non-hydrogen) atoms. The fourth-order valence-corrected chi connectivity index (χ4v) is 1.90. The molecular formula is C14H18N2O3. The quantitative estimate of drug-likeness (QED) is 0.788. The van der Waals surface area contributed by atoms with Crippen LogP contribution in [0.3, 0.4) is 0 Å². The van der Waals surface area contributed by atoms with Gasteiger partial charge in [-0.15, -0.1) is 0 Å². The lowest BCUT2D eigenvalue weighted by Gasteiger charge is -2.16. The van der Waals surface area contributed by atoms with Crippen molar-refractivity contribution in [3.63, 3.8) is 0 Å². The van der Waals surface area contributed by atoms with Crippen LogP contribution in [-0.2, 0) is 4.74 Å². The first-order chi connectivity index (χ1) is 9.28. The maximum atomic E-state index is 9.80. The van der Waals surface area contributed by atoms with Gasteiger partial charge in [0.15, 0.2) is 0 Å². The number of nitriles is 1. The average molecular weight is 262 g/mol. The van der Waals surface area contributed by atoms with Gasteiger partial charge in [0.05, 0.1) is 18.2 Å². The second-order valence-corrected chi connectivity index (χ2v) is 4.57. The molecule has 1 aromatic carbocycles. The summed E-state index contributed by atoms with van der Waals surface area (Å²) in [5.41, 5.74) is 0.549. The van der Waals surface area contributed by atoms with E-state index in [1.54, 1.807) is 24.3 Å². The topological polar surface area (TPSA) is 74.5 Å². The highest BCUT2D eigenvalue weighted by atomic mass is 16.5. The van der Waals surface area contributed by atoms with Crippen molar-refractivity contribution < 1.29 is 14.6 Å². The second-order valence-electron chi connectivity index (χ2n) is 4.57. The molecule has 2 atom stereocenters. The van der Waals surface area contributed by atoms with Gasteiger partial charge < -0.3 is 19.9 Å². The van der Waals surface area contributed by atoms with Crippen LogP contribution in [0.15, 0.2) is 24.3 Å². The zero-order chi connectivity index (χ0) is 13.5. The molecule has 0 radical (unpaired) electrons. The third-order valence-corrected chi connectivity index (χ3v) is 2.98. The van der Waals surface area contributed by atoms with E-state index in [1.165, 1.54) is 0 Å². The third-order valence-electron chi connectivity index (χ3n) is 2.98. The van der Waals surface area contributed by atoms with Gasteiger partial charge in [-0.3, -0.25) is 0 Å². The van der Waals surface area contributed by atoms with Crippen LogP contribution in [0.4, 0.5) is 0 Å². The molecule has 1 aliphatic rings. The highest BCUT2D eigenvalue weighted by Crippen LogP contribution is 2.12. The van der Waals surface area contributed by atoms with Gasteiger partial charge in [0.2, 0.25) is 0 Å². The summed E-state index contributed by atoms with van der Waals surface area (Å²) in [7, 11) is 0. The van der Waals surface area contributed by atoms with Crippen LogP contribution in [0.1, 0.15) is 12.0 Å². The van der Waals surface area contributed by atoms with E-state index in [2.05, 4.69) is 5.32 Å². The number of nitrogens with zero attached hydrogens (tertiary/aromatic N) is 1. The summed E-state index contributed by atoms with van der Waals surface area (Å²) < 4.78 is 10.7. The van der Waals surface area contributed by atoms with Gasteiger partial charge in [-0.05, 0) is 24.6 Å². The van der Waals surface area contributed by atoms with Crippen LogP contribution >= 0.6 is 0 Å². The van der Waals surface area contributed by atoms with Crippen molar-refractivity contribution in [2.24, 2.45) is 0 Å². The number of rotatable bonds is 6. The van der Waals surface area contributed by atoms with Gasteiger partial charge in [-0.1, -0.05) is 6.07 Å². The fourth-order valence-electron chi connectivity index (χ4n) is 1.90. The summed E-state index contributed by atoms with van der Waals surface area (Å²) in [4.78, 5) is 0. The smallest absolute Gasteiger partial charge is 0.120 e. The van der Waals surface area contributed by atoms with Gasteiger partial charge in [0.1, 0.15) is 18.5 Å². The lowest BCUT2D eigenvalue weighted by molar-refractivity contribution is 0.102. The molecule has 0 saturated carbocycles. The SMILES string of the molecule is N#Cc1cccc(OCC(O)CNC2CCOC2)c1. The molecule has 1 saturated heterocycles. The third kappa shape index (κ3) is 4.52. The molecule has 2 rings (SSSR count). The van der Waals surface area contributed by atoms with Crippen molar-refractivity contribution >= 4 is 0 Å². The van der Waals surface area contributed by atoms with E-state index in [0.29, 0.717) is 30.5 Å². The van der Waals surface area contributed by atoms with Gasteiger partial charge in [-0.25, -0.2) is 0 Å². The molecule has 1 fully saturated rings. The van der Waals surface area contributed by atoms with Gasteiger partial charge >= 0.3 is 0 Å². The number of aliphatic hydroxyl groups excluding tert-OH is 1.